The van der Waals surface area contributed by atoms with Crippen molar-refractivity contribution in [1.29, 1.82) is 0 Å². The van der Waals surface area contributed by atoms with Gasteiger partial charge in [0.15, 0.2) is 0 Å². The molecule has 0 heterocycles. The van der Waals surface area contributed by atoms with Gasteiger partial charge in [-0.05, 0) is 61.8 Å². The quantitative estimate of drug-likeness (QED) is 0.765. The summed E-state index contributed by atoms with van der Waals surface area (Å²) in [5, 5.41) is 3.64. The van der Waals surface area contributed by atoms with Crippen LogP contribution in [0.1, 0.15) is 58.8 Å². The van der Waals surface area contributed by atoms with E-state index in [9.17, 15) is 0 Å². The maximum atomic E-state index is 3.64. The van der Waals surface area contributed by atoms with Gasteiger partial charge in [-0.25, -0.2) is 0 Å². The van der Waals surface area contributed by atoms with E-state index in [1.807, 2.05) is 0 Å². The van der Waals surface area contributed by atoms with Crippen LogP contribution in [0.25, 0.3) is 0 Å². The first kappa shape index (κ1) is 11.1. The van der Waals surface area contributed by atoms with Crippen molar-refractivity contribution in [2.45, 2.75) is 64.8 Å². The predicted molar refractivity (Wildman–Crippen MR) is 68.4 cm³/mol. The van der Waals surface area contributed by atoms with Crippen LogP contribution in [0.2, 0.25) is 0 Å². The average Bonchev–Trinajstić information content (AvgIpc) is 3.12. The van der Waals surface area contributed by atoms with E-state index in [1.165, 1.54) is 19.4 Å². The average molecular weight is 221 g/mol. The van der Waals surface area contributed by atoms with Crippen LogP contribution in [0.15, 0.2) is 0 Å². The van der Waals surface area contributed by atoms with Crippen molar-refractivity contribution in [1.82, 2.24) is 5.32 Å². The van der Waals surface area contributed by atoms with Crippen LogP contribution in [0.4, 0.5) is 0 Å². The Bertz CT molecular complexity index is 256. The van der Waals surface area contributed by atoms with E-state index in [4.69, 9.17) is 0 Å². The zero-order chi connectivity index (χ0) is 11.2. The topological polar surface area (TPSA) is 12.0 Å². The second-order valence-electron chi connectivity index (χ2n) is 7.02. The Balaban J connectivity index is 1.51. The standard InChI is InChI=1S/C15H27N/c1-11(2)16-10-14-9-15(14)7-3-4-13(8-15)12-5-6-12/h11-14,16H,3-10H2,1-2H3. The minimum absolute atomic E-state index is 0.667. The lowest BCUT2D eigenvalue weighted by Gasteiger charge is -2.30. The summed E-state index contributed by atoms with van der Waals surface area (Å²) in [6.45, 7) is 5.82. The van der Waals surface area contributed by atoms with Crippen molar-refractivity contribution in [3.63, 3.8) is 0 Å². The molecule has 16 heavy (non-hydrogen) atoms. The van der Waals surface area contributed by atoms with Crippen LogP contribution < -0.4 is 5.32 Å². The molecule has 0 aromatic carbocycles. The molecule has 3 saturated carbocycles. The Morgan fingerprint density at radius 1 is 1.12 bits per heavy atom. The van der Waals surface area contributed by atoms with Gasteiger partial charge in [-0.3, -0.25) is 0 Å². The van der Waals surface area contributed by atoms with Crippen molar-refractivity contribution in [2.75, 3.05) is 6.54 Å². The molecular weight excluding hydrogens is 194 g/mol. The van der Waals surface area contributed by atoms with Crippen LogP contribution in [0.5, 0.6) is 0 Å². The van der Waals surface area contributed by atoms with Crippen molar-refractivity contribution in [3.05, 3.63) is 0 Å². The highest BCUT2D eigenvalue weighted by Crippen LogP contribution is 2.64. The van der Waals surface area contributed by atoms with Gasteiger partial charge in [0.05, 0.1) is 0 Å². The molecule has 1 spiro atoms. The summed E-state index contributed by atoms with van der Waals surface area (Å²) in [5.41, 5.74) is 0.813. The molecule has 0 aromatic rings. The third-order valence-corrected chi connectivity index (χ3v) is 5.34. The van der Waals surface area contributed by atoms with Crippen LogP contribution in [0.3, 0.4) is 0 Å². The zero-order valence-corrected chi connectivity index (χ0v) is 11.0. The molecule has 92 valence electrons. The van der Waals surface area contributed by atoms with Gasteiger partial charge in [0.1, 0.15) is 0 Å². The molecule has 0 aromatic heterocycles. The van der Waals surface area contributed by atoms with Crippen molar-refractivity contribution < 1.29 is 0 Å². The smallest absolute Gasteiger partial charge is 0.00104 e. The van der Waals surface area contributed by atoms with Gasteiger partial charge in [-0.2, -0.15) is 0 Å². The zero-order valence-electron chi connectivity index (χ0n) is 11.0. The number of rotatable bonds is 4. The molecule has 0 radical (unpaired) electrons. The molecule has 1 N–H and O–H groups in total. The molecule has 3 atom stereocenters. The number of hydrogen-bond acceptors (Lipinski definition) is 1. The summed E-state index contributed by atoms with van der Waals surface area (Å²) in [6, 6.07) is 0.667. The summed E-state index contributed by atoms with van der Waals surface area (Å²) in [7, 11) is 0. The highest BCUT2D eigenvalue weighted by molar-refractivity contribution is 5.07. The third kappa shape index (κ3) is 2.16. The Morgan fingerprint density at radius 2 is 1.94 bits per heavy atom. The molecule has 0 bridgehead atoms. The molecule has 0 saturated heterocycles. The first-order valence-corrected chi connectivity index (χ1v) is 7.43. The molecule has 1 nitrogen and oxygen atoms in total. The molecular formula is C15H27N. The van der Waals surface area contributed by atoms with Gasteiger partial charge in [0, 0.05) is 6.04 Å². The van der Waals surface area contributed by atoms with E-state index in [0.717, 1.165) is 23.2 Å². The number of nitrogens with one attached hydrogen (secondary N) is 1. The molecule has 3 aliphatic rings. The Morgan fingerprint density at radius 3 is 2.62 bits per heavy atom. The Hall–Kier alpha value is -0.0400. The van der Waals surface area contributed by atoms with Crippen molar-refractivity contribution >= 4 is 0 Å². The SMILES string of the molecule is CC(C)NCC1CC12CCCC(C1CC1)C2. The maximum Gasteiger partial charge on any atom is 0.00104 e. The predicted octanol–water partition coefficient (Wildman–Crippen LogP) is 3.59. The van der Waals surface area contributed by atoms with Gasteiger partial charge in [0.25, 0.3) is 0 Å². The molecule has 3 fully saturated rings. The highest BCUT2D eigenvalue weighted by Gasteiger charge is 2.56. The van der Waals surface area contributed by atoms with Crippen LogP contribution in [0, 0.1) is 23.2 Å². The van der Waals surface area contributed by atoms with Crippen molar-refractivity contribution in [3.8, 4) is 0 Å². The van der Waals surface area contributed by atoms with E-state index in [0.29, 0.717) is 6.04 Å². The monoisotopic (exact) mass is 221 g/mol. The fourth-order valence-electron chi connectivity index (χ4n) is 4.07. The van der Waals surface area contributed by atoms with Gasteiger partial charge in [-0.15, -0.1) is 0 Å². The van der Waals surface area contributed by atoms with Crippen LogP contribution in [-0.2, 0) is 0 Å². The summed E-state index contributed by atoms with van der Waals surface area (Å²) >= 11 is 0. The first-order valence-electron chi connectivity index (χ1n) is 7.43. The lowest BCUT2D eigenvalue weighted by atomic mass is 9.75. The summed E-state index contributed by atoms with van der Waals surface area (Å²) < 4.78 is 0. The van der Waals surface area contributed by atoms with E-state index < -0.39 is 0 Å². The van der Waals surface area contributed by atoms with E-state index in [2.05, 4.69) is 19.2 Å². The lowest BCUT2D eigenvalue weighted by molar-refractivity contribution is 0.207. The molecule has 3 unspecified atom stereocenters. The first-order chi connectivity index (χ1) is 7.70. The summed E-state index contributed by atoms with van der Waals surface area (Å²) in [4.78, 5) is 0. The van der Waals surface area contributed by atoms with Crippen molar-refractivity contribution in [2.24, 2.45) is 23.2 Å². The summed E-state index contributed by atoms with van der Waals surface area (Å²) in [5.74, 6) is 3.30. The molecule has 0 amide bonds. The summed E-state index contributed by atoms with van der Waals surface area (Å²) in [6.07, 6.45) is 10.8. The lowest BCUT2D eigenvalue weighted by Crippen LogP contribution is -2.28. The van der Waals surface area contributed by atoms with E-state index in [-0.39, 0.29) is 0 Å². The normalized spacial score (nSPS) is 42.9. The number of hydrogen-bond donors (Lipinski definition) is 1. The van der Waals surface area contributed by atoms with Crippen LogP contribution >= 0.6 is 0 Å². The second kappa shape index (κ2) is 4.01. The molecule has 0 aliphatic heterocycles. The minimum Gasteiger partial charge on any atom is -0.314 e. The van der Waals surface area contributed by atoms with Gasteiger partial charge >= 0.3 is 0 Å². The fraction of sp³-hybridized carbons (Fsp3) is 1.00. The van der Waals surface area contributed by atoms with Gasteiger partial charge in [-0.1, -0.05) is 26.7 Å². The van der Waals surface area contributed by atoms with E-state index in [1.54, 1.807) is 32.1 Å². The van der Waals surface area contributed by atoms with Gasteiger partial charge < -0.3 is 5.32 Å². The Kier molecular flexibility index (Phi) is 2.78. The highest BCUT2D eigenvalue weighted by atomic mass is 14.9. The largest absolute Gasteiger partial charge is 0.314 e. The molecule has 3 aliphatic carbocycles. The molecule has 1 heteroatoms. The van der Waals surface area contributed by atoms with Gasteiger partial charge in [0.2, 0.25) is 0 Å². The molecule has 3 rings (SSSR count). The maximum absolute atomic E-state index is 3.64. The second-order valence-corrected chi connectivity index (χ2v) is 7.02. The Labute approximate surface area is 100 Å². The van der Waals surface area contributed by atoms with Crippen LogP contribution in [-0.4, -0.2) is 12.6 Å². The minimum atomic E-state index is 0.667. The third-order valence-electron chi connectivity index (χ3n) is 5.34. The fourth-order valence-corrected chi connectivity index (χ4v) is 4.07. The van der Waals surface area contributed by atoms with E-state index >= 15 is 0 Å².